The minimum absolute atomic E-state index is 0.398. The van der Waals surface area contributed by atoms with Crippen molar-refractivity contribution in [3.05, 3.63) is 45.7 Å². The highest BCUT2D eigenvalue weighted by molar-refractivity contribution is 7.11. The lowest BCUT2D eigenvalue weighted by molar-refractivity contribution is 0.520. The zero-order chi connectivity index (χ0) is 12.4. The molecule has 0 aliphatic heterocycles. The van der Waals surface area contributed by atoms with E-state index >= 15 is 0 Å². The molecule has 18 heavy (non-hydrogen) atoms. The van der Waals surface area contributed by atoms with Gasteiger partial charge in [-0.15, -0.1) is 11.3 Å². The average Bonchev–Trinajstić information content (AvgIpc) is 3.03. The molecule has 1 aliphatic carbocycles. The van der Waals surface area contributed by atoms with Gasteiger partial charge in [0.2, 0.25) is 0 Å². The molecule has 94 valence electrons. The zero-order valence-corrected chi connectivity index (χ0v) is 11.3. The summed E-state index contributed by atoms with van der Waals surface area (Å²) in [6.45, 7) is 3.02. The van der Waals surface area contributed by atoms with Crippen molar-refractivity contribution < 1.29 is 0 Å². The van der Waals surface area contributed by atoms with E-state index in [4.69, 9.17) is 0 Å². The monoisotopic (exact) mass is 259 g/mol. The van der Waals surface area contributed by atoms with Gasteiger partial charge in [0.15, 0.2) is 0 Å². The third-order valence-electron chi connectivity index (χ3n) is 3.41. The Morgan fingerprint density at radius 1 is 1.44 bits per heavy atom. The third kappa shape index (κ3) is 2.31. The average molecular weight is 259 g/mol. The van der Waals surface area contributed by atoms with Crippen LogP contribution >= 0.6 is 11.3 Å². The Kier molecular flexibility index (Phi) is 3.39. The lowest BCUT2D eigenvalue weighted by atomic mass is 10.2. The van der Waals surface area contributed by atoms with Gasteiger partial charge >= 0.3 is 0 Å². The van der Waals surface area contributed by atoms with E-state index in [9.17, 15) is 0 Å². The van der Waals surface area contributed by atoms with Crippen LogP contribution in [0.1, 0.15) is 40.5 Å². The zero-order valence-electron chi connectivity index (χ0n) is 10.5. The molecule has 0 bridgehead atoms. The van der Waals surface area contributed by atoms with Gasteiger partial charge in [-0.25, -0.2) is 4.98 Å². The summed E-state index contributed by atoms with van der Waals surface area (Å²) in [6, 6.07) is 4.60. The van der Waals surface area contributed by atoms with Crippen LogP contribution in [0.4, 0.5) is 0 Å². The Morgan fingerprint density at radius 2 is 2.39 bits per heavy atom. The number of nitrogens with zero attached hydrogens (tertiary/aromatic N) is 2. The van der Waals surface area contributed by atoms with Crippen molar-refractivity contribution in [3.63, 3.8) is 0 Å². The smallest absolute Gasteiger partial charge is 0.107 e. The number of aromatic nitrogens is 2. The molecule has 1 aliphatic rings. The highest BCUT2D eigenvalue weighted by Crippen LogP contribution is 2.29. The fourth-order valence-electron chi connectivity index (χ4n) is 2.41. The largest absolute Gasteiger partial charge is 0.302 e. The molecule has 3 nitrogen and oxygen atoms in total. The molecular weight excluding hydrogens is 242 g/mol. The second-order valence-corrected chi connectivity index (χ2v) is 5.79. The number of nitrogens with one attached hydrogen (secondary N) is 1. The summed E-state index contributed by atoms with van der Waals surface area (Å²) < 4.78 is 0. The number of aryl methyl sites for hydroxylation is 2. The summed E-state index contributed by atoms with van der Waals surface area (Å²) in [5, 5.41) is 4.75. The Bertz CT molecular complexity index is 535. The molecule has 0 aromatic carbocycles. The number of hydrogen-bond acceptors (Lipinski definition) is 4. The number of hydrogen-bond donors (Lipinski definition) is 1. The molecule has 1 N–H and O–H groups in total. The molecule has 0 amide bonds. The first-order valence-electron chi connectivity index (χ1n) is 6.47. The van der Waals surface area contributed by atoms with Gasteiger partial charge in [-0.1, -0.05) is 13.0 Å². The molecule has 0 saturated carbocycles. The van der Waals surface area contributed by atoms with E-state index in [1.807, 2.05) is 18.5 Å². The number of pyridine rings is 1. The normalized spacial score (nSPS) is 17.9. The van der Waals surface area contributed by atoms with Crippen molar-refractivity contribution >= 4 is 11.3 Å². The second-order valence-electron chi connectivity index (χ2n) is 4.59. The van der Waals surface area contributed by atoms with Crippen molar-refractivity contribution in [1.29, 1.82) is 0 Å². The van der Waals surface area contributed by atoms with Crippen LogP contribution in [0.15, 0.2) is 24.5 Å². The van der Waals surface area contributed by atoms with Gasteiger partial charge in [-0.05, 0) is 30.9 Å². The number of thiazole rings is 1. The molecule has 0 fully saturated rings. The highest BCUT2D eigenvalue weighted by atomic mass is 32.1. The molecule has 0 radical (unpaired) electrons. The molecule has 0 spiro atoms. The Labute approximate surface area is 111 Å². The van der Waals surface area contributed by atoms with E-state index in [1.165, 1.54) is 21.1 Å². The van der Waals surface area contributed by atoms with E-state index in [1.54, 1.807) is 11.3 Å². The van der Waals surface area contributed by atoms with Crippen LogP contribution < -0.4 is 5.32 Å². The first-order chi connectivity index (χ1) is 8.86. The summed E-state index contributed by atoms with van der Waals surface area (Å²) in [6.07, 6.45) is 7.24. The quantitative estimate of drug-likeness (QED) is 0.917. The molecular formula is C14H17N3S. The Balaban J connectivity index is 1.65. The SMILES string of the molecule is CCc1cnc(CNC2CCc3cccnc32)s1. The van der Waals surface area contributed by atoms with Crippen LogP contribution in [0, 0.1) is 0 Å². The minimum Gasteiger partial charge on any atom is -0.302 e. The number of fused-ring (bicyclic) bond motifs is 1. The van der Waals surface area contributed by atoms with Crippen molar-refractivity contribution in [3.8, 4) is 0 Å². The summed E-state index contributed by atoms with van der Waals surface area (Å²) in [5.74, 6) is 0. The Hall–Kier alpha value is -1.26. The van der Waals surface area contributed by atoms with Gasteiger partial charge in [0.05, 0.1) is 11.7 Å². The van der Waals surface area contributed by atoms with Gasteiger partial charge in [0.1, 0.15) is 5.01 Å². The third-order valence-corrected chi connectivity index (χ3v) is 4.55. The first kappa shape index (κ1) is 11.8. The predicted octanol–water partition coefficient (Wildman–Crippen LogP) is 2.88. The van der Waals surface area contributed by atoms with Crippen molar-refractivity contribution in [2.75, 3.05) is 0 Å². The van der Waals surface area contributed by atoms with Crippen LogP contribution in [-0.4, -0.2) is 9.97 Å². The molecule has 3 rings (SSSR count). The van der Waals surface area contributed by atoms with Gasteiger partial charge in [-0.2, -0.15) is 0 Å². The van der Waals surface area contributed by atoms with Gasteiger partial charge < -0.3 is 5.32 Å². The van der Waals surface area contributed by atoms with Gasteiger partial charge in [0, 0.05) is 23.8 Å². The maximum Gasteiger partial charge on any atom is 0.107 e. The molecule has 0 saturated heterocycles. The fraction of sp³-hybridized carbons (Fsp3) is 0.429. The van der Waals surface area contributed by atoms with E-state index in [2.05, 4.69) is 28.3 Å². The van der Waals surface area contributed by atoms with E-state index in [-0.39, 0.29) is 0 Å². The van der Waals surface area contributed by atoms with Crippen LogP contribution in [0.25, 0.3) is 0 Å². The summed E-state index contributed by atoms with van der Waals surface area (Å²) in [7, 11) is 0. The molecule has 4 heteroatoms. The summed E-state index contributed by atoms with van der Waals surface area (Å²) >= 11 is 1.80. The maximum absolute atomic E-state index is 4.49. The molecule has 1 unspecified atom stereocenters. The molecule has 2 aromatic rings. The predicted molar refractivity (Wildman–Crippen MR) is 73.6 cm³/mol. The first-order valence-corrected chi connectivity index (χ1v) is 7.29. The summed E-state index contributed by atoms with van der Waals surface area (Å²) in [4.78, 5) is 10.3. The highest BCUT2D eigenvalue weighted by Gasteiger charge is 2.22. The Morgan fingerprint density at radius 3 is 3.22 bits per heavy atom. The van der Waals surface area contributed by atoms with Crippen LogP contribution in [0.3, 0.4) is 0 Å². The van der Waals surface area contributed by atoms with E-state index < -0.39 is 0 Å². The van der Waals surface area contributed by atoms with Gasteiger partial charge in [0.25, 0.3) is 0 Å². The molecule has 2 aromatic heterocycles. The van der Waals surface area contributed by atoms with Gasteiger partial charge in [-0.3, -0.25) is 4.98 Å². The van der Waals surface area contributed by atoms with Crippen LogP contribution in [0.2, 0.25) is 0 Å². The van der Waals surface area contributed by atoms with Crippen LogP contribution in [0.5, 0.6) is 0 Å². The fourth-order valence-corrected chi connectivity index (χ4v) is 3.23. The van der Waals surface area contributed by atoms with E-state index in [0.717, 1.165) is 25.8 Å². The topological polar surface area (TPSA) is 37.8 Å². The maximum atomic E-state index is 4.49. The molecule has 1 atom stereocenters. The lowest BCUT2D eigenvalue weighted by Crippen LogP contribution is -2.19. The standard InChI is InChI=1S/C14H17N3S/c1-2-11-8-17-13(18-11)9-16-12-6-5-10-4-3-7-15-14(10)12/h3-4,7-8,12,16H,2,5-6,9H2,1H3. The second kappa shape index (κ2) is 5.16. The summed E-state index contributed by atoms with van der Waals surface area (Å²) in [5.41, 5.74) is 2.62. The molecule has 2 heterocycles. The minimum atomic E-state index is 0.398. The van der Waals surface area contributed by atoms with E-state index in [0.29, 0.717) is 6.04 Å². The lowest BCUT2D eigenvalue weighted by Gasteiger charge is -2.11. The van der Waals surface area contributed by atoms with Crippen LogP contribution in [-0.2, 0) is 19.4 Å². The number of rotatable bonds is 4. The van der Waals surface area contributed by atoms with Crippen molar-refractivity contribution in [2.24, 2.45) is 0 Å². The van der Waals surface area contributed by atoms with Crippen molar-refractivity contribution in [2.45, 2.75) is 38.8 Å². The van der Waals surface area contributed by atoms with Crippen molar-refractivity contribution in [1.82, 2.24) is 15.3 Å².